The average Bonchev–Trinajstić information content (AvgIpc) is 2.90. The first-order valence-electron chi connectivity index (χ1n) is 6.47. The summed E-state index contributed by atoms with van der Waals surface area (Å²) in [6.45, 7) is 3.22. The van der Waals surface area contributed by atoms with Crippen molar-refractivity contribution in [3.05, 3.63) is 40.8 Å². The Kier molecular flexibility index (Phi) is 3.31. The monoisotopic (exact) mass is 288 g/mol. The van der Waals surface area contributed by atoms with Gasteiger partial charge >= 0.3 is 0 Å². The normalized spacial score (nSPS) is 11.1. The summed E-state index contributed by atoms with van der Waals surface area (Å²) in [6, 6.07) is 9.78. The number of aromatic nitrogens is 4. The maximum atomic E-state index is 5.72. The molecule has 5 nitrogen and oxygen atoms in total. The van der Waals surface area contributed by atoms with E-state index in [-0.39, 0.29) is 0 Å². The van der Waals surface area contributed by atoms with Gasteiger partial charge in [-0.3, -0.25) is 9.25 Å². The number of nitrogens with one attached hydrogen (secondary N) is 1. The molecule has 0 saturated carbocycles. The predicted molar refractivity (Wildman–Crippen MR) is 80.6 cm³/mol. The summed E-state index contributed by atoms with van der Waals surface area (Å²) in [5.41, 5.74) is 2.96. The second-order valence-corrected chi connectivity index (χ2v) is 5.04. The van der Waals surface area contributed by atoms with Crippen LogP contribution in [-0.2, 0) is 13.6 Å². The summed E-state index contributed by atoms with van der Waals surface area (Å²) in [6.07, 6.45) is 0. The molecule has 0 aliphatic rings. The van der Waals surface area contributed by atoms with Crippen LogP contribution in [0.2, 0.25) is 0 Å². The zero-order valence-corrected chi connectivity index (χ0v) is 12.3. The van der Waals surface area contributed by atoms with Gasteiger partial charge in [0.15, 0.2) is 10.4 Å². The van der Waals surface area contributed by atoms with E-state index in [4.69, 9.17) is 17.0 Å². The second-order valence-electron chi connectivity index (χ2n) is 4.65. The third kappa shape index (κ3) is 2.22. The van der Waals surface area contributed by atoms with Crippen molar-refractivity contribution < 1.29 is 4.74 Å². The van der Waals surface area contributed by atoms with E-state index in [9.17, 15) is 0 Å². The topological polar surface area (TPSA) is 47.8 Å². The van der Waals surface area contributed by atoms with E-state index in [1.54, 1.807) is 0 Å². The maximum Gasteiger partial charge on any atom is 0.179 e. The fourth-order valence-electron chi connectivity index (χ4n) is 2.35. The third-order valence-electron chi connectivity index (χ3n) is 3.25. The minimum Gasteiger partial charge on any atom is -0.492 e. The number of aromatic amines is 1. The van der Waals surface area contributed by atoms with Crippen molar-refractivity contribution in [3.63, 3.8) is 0 Å². The van der Waals surface area contributed by atoms with Crippen LogP contribution in [-0.4, -0.2) is 25.9 Å². The van der Waals surface area contributed by atoms with Gasteiger partial charge in [0.2, 0.25) is 0 Å². The van der Waals surface area contributed by atoms with Crippen molar-refractivity contribution in [3.8, 4) is 5.75 Å². The van der Waals surface area contributed by atoms with Crippen LogP contribution in [0.1, 0.15) is 5.69 Å². The summed E-state index contributed by atoms with van der Waals surface area (Å²) in [7, 11) is 1.92. The summed E-state index contributed by atoms with van der Waals surface area (Å²) >= 11 is 5.37. The van der Waals surface area contributed by atoms with Crippen molar-refractivity contribution >= 4 is 23.4 Å². The number of aryl methyl sites for hydroxylation is 2. The van der Waals surface area contributed by atoms with Gasteiger partial charge in [-0.1, -0.05) is 18.2 Å². The molecule has 0 aliphatic carbocycles. The number of rotatable bonds is 4. The van der Waals surface area contributed by atoms with Crippen LogP contribution in [0.5, 0.6) is 5.75 Å². The number of hydrogen-bond acceptors (Lipinski definition) is 3. The third-order valence-corrected chi connectivity index (χ3v) is 3.57. The summed E-state index contributed by atoms with van der Waals surface area (Å²) < 4.78 is 10.3. The molecule has 0 saturated heterocycles. The predicted octanol–water partition coefficient (Wildman–Crippen LogP) is 2.82. The van der Waals surface area contributed by atoms with Crippen LogP contribution in [0.3, 0.4) is 0 Å². The Balaban J connectivity index is 1.81. The van der Waals surface area contributed by atoms with Crippen molar-refractivity contribution in [1.82, 2.24) is 19.3 Å². The van der Waals surface area contributed by atoms with Gasteiger partial charge in [0.25, 0.3) is 0 Å². The zero-order chi connectivity index (χ0) is 14.1. The molecule has 0 fully saturated rings. The van der Waals surface area contributed by atoms with Gasteiger partial charge < -0.3 is 9.72 Å². The highest BCUT2D eigenvalue weighted by atomic mass is 32.1. The number of fused-ring (bicyclic) bond motifs is 1. The van der Waals surface area contributed by atoms with E-state index < -0.39 is 0 Å². The van der Waals surface area contributed by atoms with Gasteiger partial charge in [-0.2, -0.15) is 5.10 Å². The molecular weight excluding hydrogens is 272 g/mol. The summed E-state index contributed by atoms with van der Waals surface area (Å²) in [5, 5.41) is 4.40. The lowest BCUT2D eigenvalue weighted by molar-refractivity contribution is 0.298. The first-order chi connectivity index (χ1) is 9.66. The molecule has 0 aliphatic heterocycles. The Morgan fingerprint density at radius 1 is 1.30 bits per heavy atom. The molecule has 2 aromatic heterocycles. The highest BCUT2D eigenvalue weighted by molar-refractivity contribution is 7.71. The largest absolute Gasteiger partial charge is 0.492 e. The van der Waals surface area contributed by atoms with Crippen molar-refractivity contribution in [2.24, 2.45) is 7.05 Å². The number of imidazole rings is 1. The number of benzene rings is 1. The van der Waals surface area contributed by atoms with E-state index in [2.05, 4.69) is 10.1 Å². The zero-order valence-electron chi connectivity index (χ0n) is 11.5. The Bertz CT molecular complexity index is 785. The molecule has 0 atom stereocenters. The first-order valence-corrected chi connectivity index (χ1v) is 6.87. The highest BCUT2D eigenvalue weighted by Crippen LogP contribution is 2.17. The van der Waals surface area contributed by atoms with Gasteiger partial charge in [0, 0.05) is 7.05 Å². The Labute approximate surface area is 121 Å². The lowest BCUT2D eigenvalue weighted by atomic mass is 10.3. The molecule has 0 radical (unpaired) electrons. The molecule has 3 aromatic rings. The average molecular weight is 288 g/mol. The van der Waals surface area contributed by atoms with Gasteiger partial charge in [0.05, 0.1) is 12.2 Å². The fourth-order valence-corrected chi connectivity index (χ4v) is 2.63. The van der Waals surface area contributed by atoms with E-state index >= 15 is 0 Å². The van der Waals surface area contributed by atoms with E-state index in [1.165, 1.54) is 0 Å². The number of para-hydroxylation sites is 1. The molecule has 2 heterocycles. The van der Waals surface area contributed by atoms with Crippen LogP contribution < -0.4 is 4.74 Å². The van der Waals surface area contributed by atoms with Crippen molar-refractivity contribution in [2.75, 3.05) is 6.61 Å². The molecule has 0 unspecified atom stereocenters. The quantitative estimate of drug-likeness (QED) is 0.751. The molecule has 0 bridgehead atoms. The first kappa shape index (κ1) is 12.9. The fraction of sp³-hybridized carbons (Fsp3) is 0.286. The van der Waals surface area contributed by atoms with E-state index in [0.717, 1.165) is 22.6 Å². The summed E-state index contributed by atoms with van der Waals surface area (Å²) in [5.74, 6) is 0.868. The highest BCUT2D eigenvalue weighted by Gasteiger charge is 2.12. The minimum atomic E-state index is 0.565. The van der Waals surface area contributed by atoms with E-state index in [0.29, 0.717) is 17.9 Å². The molecule has 0 amide bonds. The van der Waals surface area contributed by atoms with Crippen LogP contribution in [0.15, 0.2) is 30.3 Å². The molecule has 0 spiro atoms. The number of nitrogens with zero attached hydrogens (tertiary/aromatic N) is 3. The number of H-pyrrole nitrogens is 1. The Morgan fingerprint density at radius 2 is 2.05 bits per heavy atom. The molecule has 1 aromatic carbocycles. The molecule has 104 valence electrons. The molecule has 3 rings (SSSR count). The van der Waals surface area contributed by atoms with Crippen molar-refractivity contribution in [2.45, 2.75) is 13.5 Å². The van der Waals surface area contributed by atoms with Gasteiger partial charge in [-0.15, -0.1) is 0 Å². The Morgan fingerprint density at radius 3 is 2.80 bits per heavy atom. The second kappa shape index (κ2) is 5.13. The number of ether oxygens (including phenoxy) is 1. The minimum absolute atomic E-state index is 0.565. The van der Waals surface area contributed by atoms with Crippen LogP contribution in [0, 0.1) is 11.7 Å². The van der Waals surface area contributed by atoms with Gasteiger partial charge in [-0.05, 0) is 31.3 Å². The standard InChI is InChI=1S/C14H16N4OS/c1-10-12-13(17(2)16-10)18(14(20)15-12)8-9-19-11-6-4-3-5-7-11/h3-7H,8-9H2,1-2H3,(H,15,20). The van der Waals surface area contributed by atoms with Crippen LogP contribution >= 0.6 is 12.2 Å². The lowest BCUT2D eigenvalue weighted by Gasteiger charge is -2.07. The van der Waals surface area contributed by atoms with Crippen molar-refractivity contribution in [1.29, 1.82) is 0 Å². The molecule has 6 heteroatoms. The number of hydrogen-bond donors (Lipinski definition) is 1. The molecule has 20 heavy (non-hydrogen) atoms. The maximum absolute atomic E-state index is 5.72. The van der Waals surface area contributed by atoms with Crippen LogP contribution in [0.25, 0.3) is 11.2 Å². The summed E-state index contributed by atoms with van der Waals surface area (Å²) in [4.78, 5) is 3.20. The van der Waals surface area contributed by atoms with Gasteiger partial charge in [0.1, 0.15) is 17.9 Å². The van der Waals surface area contributed by atoms with E-state index in [1.807, 2.05) is 53.6 Å². The molecular formula is C14H16N4OS. The SMILES string of the molecule is Cc1nn(C)c2c1[nH]c(=S)n2CCOc1ccccc1. The lowest BCUT2D eigenvalue weighted by Crippen LogP contribution is -2.10. The molecule has 1 N–H and O–H groups in total. The Hall–Kier alpha value is -2.08. The smallest absolute Gasteiger partial charge is 0.179 e. The van der Waals surface area contributed by atoms with Gasteiger partial charge in [-0.25, -0.2) is 0 Å². The van der Waals surface area contributed by atoms with Crippen LogP contribution in [0.4, 0.5) is 0 Å².